The molecule has 0 radical (unpaired) electrons. The van der Waals surface area contributed by atoms with E-state index in [0.29, 0.717) is 13.0 Å². The summed E-state index contributed by atoms with van der Waals surface area (Å²) in [5, 5.41) is 2.85. The monoisotopic (exact) mass is 187 g/mol. The Bertz CT molecular complexity index is 137. The van der Waals surface area contributed by atoms with E-state index in [1.165, 1.54) is 0 Å². The quantitative estimate of drug-likeness (QED) is 0.542. The van der Waals surface area contributed by atoms with Crippen LogP contribution in [0.25, 0.3) is 0 Å². The third-order valence-electron chi connectivity index (χ3n) is 1.71. The van der Waals surface area contributed by atoms with Crippen LogP contribution in [0.1, 0.15) is 19.3 Å². The van der Waals surface area contributed by atoms with Crippen molar-refractivity contribution in [3.05, 3.63) is 0 Å². The molecule has 4 nitrogen and oxygen atoms in total. The van der Waals surface area contributed by atoms with Crippen molar-refractivity contribution in [3.8, 4) is 0 Å². The minimum Gasteiger partial charge on any atom is -0.356 e. The summed E-state index contributed by atoms with van der Waals surface area (Å²) in [4.78, 5) is 13.2. The van der Waals surface area contributed by atoms with Gasteiger partial charge in [0.05, 0.1) is 0 Å². The molecule has 0 aromatic carbocycles. The normalized spacial score (nSPS) is 10.5. The molecule has 0 aromatic rings. The molecule has 0 bridgehead atoms. The average molecular weight is 187 g/mol. The first-order valence-corrected chi connectivity index (χ1v) is 4.78. The fraction of sp³-hybridized carbons (Fsp3) is 0.889. The van der Waals surface area contributed by atoms with Gasteiger partial charge in [0.15, 0.2) is 0 Å². The summed E-state index contributed by atoms with van der Waals surface area (Å²) in [5.41, 5.74) is 5.28. The van der Waals surface area contributed by atoms with Gasteiger partial charge in [0.25, 0.3) is 0 Å². The van der Waals surface area contributed by atoms with Crippen LogP contribution in [-0.2, 0) is 4.79 Å². The second-order valence-electron chi connectivity index (χ2n) is 3.40. The Kier molecular flexibility index (Phi) is 7.63. The standard InChI is InChI=1S/C9H21N3O/c1-12(2)8-4-7-11-9(13)5-3-6-10/h3-8,10H2,1-2H3,(H,11,13). The van der Waals surface area contributed by atoms with Gasteiger partial charge in [-0.1, -0.05) is 0 Å². The van der Waals surface area contributed by atoms with E-state index in [4.69, 9.17) is 5.73 Å². The van der Waals surface area contributed by atoms with Gasteiger partial charge < -0.3 is 16.0 Å². The van der Waals surface area contributed by atoms with Crippen LogP contribution in [0.3, 0.4) is 0 Å². The maximum Gasteiger partial charge on any atom is 0.220 e. The molecule has 0 aliphatic rings. The lowest BCUT2D eigenvalue weighted by atomic mass is 10.3. The predicted molar refractivity (Wildman–Crippen MR) is 54.5 cm³/mol. The molecule has 78 valence electrons. The molecule has 0 saturated carbocycles. The number of rotatable bonds is 7. The van der Waals surface area contributed by atoms with Crippen LogP contribution >= 0.6 is 0 Å². The molecule has 0 aliphatic heterocycles. The molecule has 0 heterocycles. The highest BCUT2D eigenvalue weighted by molar-refractivity contribution is 5.75. The van der Waals surface area contributed by atoms with Crippen LogP contribution in [0.4, 0.5) is 0 Å². The lowest BCUT2D eigenvalue weighted by Gasteiger charge is -2.09. The molecule has 0 rings (SSSR count). The van der Waals surface area contributed by atoms with Crippen molar-refractivity contribution in [2.75, 3.05) is 33.7 Å². The molecule has 1 amide bonds. The highest BCUT2D eigenvalue weighted by Crippen LogP contribution is 1.86. The zero-order valence-corrected chi connectivity index (χ0v) is 8.68. The number of amides is 1. The molecular weight excluding hydrogens is 166 g/mol. The van der Waals surface area contributed by atoms with Crippen molar-refractivity contribution in [2.45, 2.75) is 19.3 Å². The minimum absolute atomic E-state index is 0.115. The number of nitrogens with zero attached hydrogens (tertiary/aromatic N) is 1. The first-order valence-electron chi connectivity index (χ1n) is 4.78. The third kappa shape index (κ3) is 9.30. The second-order valence-corrected chi connectivity index (χ2v) is 3.40. The average Bonchev–Trinajstić information content (AvgIpc) is 2.08. The number of hydrogen-bond acceptors (Lipinski definition) is 3. The Morgan fingerprint density at radius 3 is 2.62 bits per heavy atom. The molecule has 13 heavy (non-hydrogen) atoms. The van der Waals surface area contributed by atoms with Crippen molar-refractivity contribution in [1.82, 2.24) is 10.2 Å². The smallest absolute Gasteiger partial charge is 0.220 e. The topological polar surface area (TPSA) is 58.4 Å². The Morgan fingerprint density at radius 2 is 2.08 bits per heavy atom. The SMILES string of the molecule is CN(C)CCCNC(=O)CCCN. The van der Waals surface area contributed by atoms with E-state index < -0.39 is 0 Å². The van der Waals surface area contributed by atoms with Crippen LogP contribution in [0, 0.1) is 0 Å². The van der Waals surface area contributed by atoms with Gasteiger partial charge in [-0.15, -0.1) is 0 Å². The van der Waals surface area contributed by atoms with E-state index in [1.54, 1.807) is 0 Å². The Labute approximate surface area is 80.5 Å². The van der Waals surface area contributed by atoms with Crippen molar-refractivity contribution < 1.29 is 4.79 Å². The fourth-order valence-electron chi connectivity index (χ4n) is 0.974. The lowest BCUT2D eigenvalue weighted by Crippen LogP contribution is -2.27. The number of hydrogen-bond donors (Lipinski definition) is 2. The van der Waals surface area contributed by atoms with E-state index >= 15 is 0 Å². The largest absolute Gasteiger partial charge is 0.356 e. The highest BCUT2D eigenvalue weighted by Gasteiger charge is 1.98. The number of nitrogens with one attached hydrogen (secondary N) is 1. The summed E-state index contributed by atoms with van der Waals surface area (Å²) < 4.78 is 0. The number of carbonyl (C=O) groups is 1. The second kappa shape index (κ2) is 8.01. The highest BCUT2D eigenvalue weighted by atomic mass is 16.1. The van der Waals surface area contributed by atoms with Crippen LogP contribution < -0.4 is 11.1 Å². The van der Waals surface area contributed by atoms with Crippen LogP contribution in [0.5, 0.6) is 0 Å². The van der Waals surface area contributed by atoms with Crippen molar-refractivity contribution >= 4 is 5.91 Å². The molecule has 0 unspecified atom stereocenters. The third-order valence-corrected chi connectivity index (χ3v) is 1.71. The maximum absolute atomic E-state index is 11.1. The summed E-state index contributed by atoms with van der Waals surface area (Å²) in [7, 11) is 4.05. The number of carbonyl (C=O) groups excluding carboxylic acids is 1. The molecule has 0 spiro atoms. The van der Waals surface area contributed by atoms with Gasteiger partial charge in [-0.05, 0) is 40.0 Å². The number of nitrogens with two attached hydrogens (primary N) is 1. The van der Waals surface area contributed by atoms with Gasteiger partial charge in [-0.2, -0.15) is 0 Å². The minimum atomic E-state index is 0.115. The molecule has 0 fully saturated rings. The Balaban J connectivity index is 3.17. The van der Waals surface area contributed by atoms with Gasteiger partial charge >= 0.3 is 0 Å². The predicted octanol–water partition coefficient (Wildman–Crippen LogP) is -0.207. The van der Waals surface area contributed by atoms with E-state index in [1.807, 2.05) is 14.1 Å². The maximum atomic E-state index is 11.1. The summed E-state index contributed by atoms with van der Waals surface area (Å²) >= 11 is 0. The summed E-state index contributed by atoms with van der Waals surface area (Å²) in [6, 6.07) is 0. The molecule has 0 aliphatic carbocycles. The summed E-state index contributed by atoms with van der Waals surface area (Å²) in [6.45, 7) is 2.36. The zero-order chi connectivity index (χ0) is 10.1. The van der Waals surface area contributed by atoms with Crippen molar-refractivity contribution in [3.63, 3.8) is 0 Å². The van der Waals surface area contributed by atoms with E-state index in [9.17, 15) is 4.79 Å². The first kappa shape index (κ1) is 12.4. The van der Waals surface area contributed by atoms with Crippen LogP contribution in [0.2, 0.25) is 0 Å². The molecular formula is C9H21N3O. The summed E-state index contributed by atoms with van der Waals surface area (Å²) in [5.74, 6) is 0.115. The van der Waals surface area contributed by atoms with Crippen molar-refractivity contribution in [1.29, 1.82) is 0 Å². The molecule has 0 saturated heterocycles. The fourth-order valence-corrected chi connectivity index (χ4v) is 0.974. The first-order chi connectivity index (χ1) is 6.16. The van der Waals surface area contributed by atoms with E-state index in [0.717, 1.165) is 25.9 Å². The lowest BCUT2D eigenvalue weighted by molar-refractivity contribution is -0.121. The van der Waals surface area contributed by atoms with Gasteiger partial charge in [0.1, 0.15) is 0 Å². The molecule has 0 atom stereocenters. The van der Waals surface area contributed by atoms with E-state index in [-0.39, 0.29) is 5.91 Å². The van der Waals surface area contributed by atoms with Crippen molar-refractivity contribution in [2.24, 2.45) is 5.73 Å². The molecule has 4 heteroatoms. The summed E-state index contributed by atoms with van der Waals surface area (Å²) in [6.07, 6.45) is 2.33. The van der Waals surface area contributed by atoms with Gasteiger partial charge in [0.2, 0.25) is 5.91 Å². The van der Waals surface area contributed by atoms with E-state index in [2.05, 4.69) is 10.2 Å². The molecule has 3 N–H and O–H groups in total. The van der Waals surface area contributed by atoms with Gasteiger partial charge in [-0.25, -0.2) is 0 Å². The Hall–Kier alpha value is -0.610. The molecule has 0 aromatic heterocycles. The van der Waals surface area contributed by atoms with Crippen LogP contribution in [-0.4, -0.2) is 44.5 Å². The van der Waals surface area contributed by atoms with Crippen LogP contribution in [0.15, 0.2) is 0 Å². The Morgan fingerprint density at radius 1 is 1.38 bits per heavy atom. The van der Waals surface area contributed by atoms with Gasteiger partial charge in [-0.3, -0.25) is 4.79 Å². The zero-order valence-electron chi connectivity index (χ0n) is 8.68. The van der Waals surface area contributed by atoms with Gasteiger partial charge in [0, 0.05) is 13.0 Å².